The summed E-state index contributed by atoms with van der Waals surface area (Å²) in [6.07, 6.45) is 4.54. The predicted octanol–water partition coefficient (Wildman–Crippen LogP) is 3.89. The number of rotatable bonds is 3. The molecule has 0 N–H and O–H groups in total. The van der Waals surface area contributed by atoms with Gasteiger partial charge in [-0.3, -0.25) is 0 Å². The molecular formula is C18H21NO2S. The Labute approximate surface area is 132 Å². The maximum absolute atomic E-state index is 12.4. The van der Waals surface area contributed by atoms with E-state index in [1.54, 1.807) is 0 Å². The molecule has 0 atom stereocenters. The van der Waals surface area contributed by atoms with Gasteiger partial charge in [0.15, 0.2) is 0 Å². The number of benzene rings is 2. The molecule has 1 aliphatic carbocycles. The summed E-state index contributed by atoms with van der Waals surface area (Å²) in [6, 6.07) is 11.8. The zero-order chi connectivity index (χ0) is 15.9. The Morgan fingerprint density at radius 2 is 1.50 bits per heavy atom. The Morgan fingerprint density at radius 1 is 0.864 bits per heavy atom. The highest BCUT2D eigenvalue weighted by atomic mass is 32.2. The van der Waals surface area contributed by atoms with Gasteiger partial charge in [0.2, 0.25) is 10.0 Å². The van der Waals surface area contributed by atoms with Crippen LogP contribution >= 0.6 is 0 Å². The molecule has 0 fully saturated rings. The van der Waals surface area contributed by atoms with Crippen LogP contribution in [0.15, 0.2) is 36.4 Å². The molecule has 116 valence electrons. The lowest BCUT2D eigenvalue weighted by Crippen LogP contribution is -2.24. The van der Waals surface area contributed by atoms with Crippen LogP contribution in [-0.2, 0) is 22.9 Å². The third-order valence-electron chi connectivity index (χ3n) is 4.37. The van der Waals surface area contributed by atoms with Crippen molar-refractivity contribution in [1.29, 1.82) is 0 Å². The quantitative estimate of drug-likeness (QED) is 0.861. The van der Waals surface area contributed by atoms with Crippen molar-refractivity contribution in [2.24, 2.45) is 0 Å². The van der Waals surface area contributed by atoms with E-state index in [-0.39, 0.29) is 0 Å². The summed E-state index contributed by atoms with van der Waals surface area (Å²) < 4.78 is 26.2. The second-order valence-corrected chi connectivity index (χ2v) is 7.93. The minimum Gasteiger partial charge on any atom is -0.239 e. The number of hydrogen-bond donors (Lipinski definition) is 0. The van der Waals surface area contributed by atoms with Crippen molar-refractivity contribution in [1.82, 2.24) is 0 Å². The Bertz CT molecular complexity index is 825. The molecule has 0 saturated heterocycles. The van der Waals surface area contributed by atoms with Crippen molar-refractivity contribution in [2.45, 2.75) is 33.1 Å². The van der Waals surface area contributed by atoms with E-state index in [0.717, 1.165) is 36.1 Å². The third-order valence-corrected chi connectivity index (χ3v) is 5.46. The highest BCUT2D eigenvalue weighted by Gasteiger charge is 2.22. The summed E-state index contributed by atoms with van der Waals surface area (Å²) in [5.41, 5.74) is 6.29. The number of hydrogen-bond acceptors (Lipinski definition) is 2. The van der Waals surface area contributed by atoms with Gasteiger partial charge in [-0.15, -0.1) is 0 Å². The van der Waals surface area contributed by atoms with Crippen molar-refractivity contribution in [3.05, 3.63) is 58.7 Å². The van der Waals surface area contributed by atoms with Crippen LogP contribution in [0.1, 0.15) is 28.7 Å². The van der Waals surface area contributed by atoms with Crippen LogP contribution in [0.4, 0.5) is 11.4 Å². The van der Waals surface area contributed by atoms with Gasteiger partial charge in [-0.25, -0.2) is 12.7 Å². The van der Waals surface area contributed by atoms with Gasteiger partial charge in [-0.2, -0.15) is 0 Å². The van der Waals surface area contributed by atoms with Crippen LogP contribution in [0, 0.1) is 13.8 Å². The van der Waals surface area contributed by atoms with Crippen LogP contribution < -0.4 is 4.31 Å². The molecule has 2 aromatic rings. The van der Waals surface area contributed by atoms with Crippen molar-refractivity contribution in [2.75, 3.05) is 10.6 Å². The van der Waals surface area contributed by atoms with Crippen LogP contribution in [-0.4, -0.2) is 14.7 Å². The molecule has 22 heavy (non-hydrogen) atoms. The molecule has 0 spiro atoms. The summed E-state index contributed by atoms with van der Waals surface area (Å²) in [5, 5.41) is 0. The van der Waals surface area contributed by atoms with Gasteiger partial charge in [-0.05, 0) is 79.6 Å². The van der Waals surface area contributed by atoms with Gasteiger partial charge in [0.1, 0.15) is 0 Å². The molecule has 3 rings (SSSR count). The lowest BCUT2D eigenvalue weighted by atomic mass is 10.1. The SMILES string of the molecule is Cc1ccc(N(c2ccc3c(c2)CCC3)S(C)(=O)=O)cc1C. The summed E-state index contributed by atoms with van der Waals surface area (Å²) in [4.78, 5) is 0. The fourth-order valence-electron chi connectivity index (χ4n) is 3.07. The number of anilines is 2. The minimum atomic E-state index is -3.38. The van der Waals surface area contributed by atoms with Gasteiger partial charge in [0, 0.05) is 0 Å². The van der Waals surface area contributed by atoms with E-state index in [9.17, 15) is 8.42 Å². The zero-order valence-electron chi connectivity index (χ0n) is 13.3. The van der Waals surface area contributed by atoms with E-state index in [4.69, 9.17) is 0 Å². The molecule has 0 saturated carbocycles. The summed E-state index contributed by atoms with van der Waals surface area (Å²) in [6.45, 7) is 4.03. The van der Waals surface area contributed by atoms with E-state index in [1.165, 1.54) is 21.7 Å². The van der Waals surface area contributed by atoms with Crippen molar-refractivity contribution in [3.63, 3.8) is 0 Å². The fourth-order valence-corrected chi connectivity index (χ4v) is 4.06. The number of nitrogens with zero attached hydrogens (tertiary/aromatic N) is 1. The molecule has 0 unspecified atom stereocenters. The monoisotopic (exact) mass is 315 g/mol. The predicted molar refractivity (Wildman–Crippen MR) is 91.4 cm³/mol. The highest BCUT2D eigenvalue weighted by molar-refractivity contribution is 7.92. The Balaban J connectivity index is 2.13. The van der Waals surface area contributed by atoms with E-state index in [2.05, 4.69) is 6.07 Å². The average Bonchev–Trinajstić information content (AvgIpc) is 2.89. The lowest BCUT2D eigenvalue weighted by molar-refractivity contribution is 0.602. The van der Waals surface area contributed by atoms with Crippen LogP contribution in [0.3, 0.4) is 0 Å². The Hall–Kier alpha value is -1.81. The van der Waals surface area contributed by atoms with E-state index >= 15 is 0 Å². The highest BCUT2D eigenvalue weighted by Crippen LogP contribution is 2.33. The molecular weight excluding hydrogens is 294 g/mol. The molecule has 0 aliphatic heterocycles. The number of sulfonamides is 1. The maximum atomic E-state index is 12.4. The van der Waals surface area contributed by atoms with Crippen molar-refractivity contribution < 1.29 is 8.42 Å². The van der Waals surface area contributed by atoms with Gasteiger partial charge < -0.3 is 0 Å². The van der Waals surface area contributed by atoms with E-state index < -0.39 is 10.0 Å². The first-order valence-corrected chi connectivity index (χ1v) is 9.40. The maximum Gasteiger partial charge on any atom is 0.236 e. The standard InChI is InChI=1S/C18H21NO2S/c1-13-7-9-17(11-14(13)2)19(22(3,20)21)18-10-8-15-5-4-6-16(15)12-18/h7-12H,4-6H2,1-3H3. The van der Waals surface area contributed by atoms with Crippen molar-refractivity contribution >= 4 is 21.4 Å². The molecule has 0 amide bonds. The molecule has 0 bridgehead atoms. The largest absolute Gasteiger partial charge is 0.239 e. The Kier molecular flexibility index (Phi) is 3.73. The van der Waals surface area contributed by atoms with Crippen molar-refractivity contribution in [3.8, 4) is 0 Å². The first-order valence-electron chi connectivity index (χ1n) is 7.55. The second kappa shape index (κ2) is 5.43. The third kappa shape index (κ3) is 2.75. The van der Waals surface area contributed by atoms with Gasteiger partial charge in [0.05, 0.1) is 17.6 Å². The fraction of sp³-hybridized carbons (Fsp3) is 0.333. The van der Waals surface area contributed by atoms with Crippen LogP contribution in [0.5, 0.6) is 0 Å². The molecule has 0 heterocycles. The number of aryl methyl sites for hydroxylation is 4. The van der Waals surface area contributed by atoms with Crippen LogP contribution in [0.2, 0.25) is 0 Å². The van der Waals surface area contributed by atoms with Gasteiger partial charge >= 0.3 is 0 Å². The molecule has 3 nitrogen and oxygen atoms in total. The molecule has 0 aromatic heterocycles. The summed E-state index contributed by atoms with van der Waals surface area (Å²) in [7, 11) is -3.38. The van der Waals surface area contributed by atoms with Gasteiger partial charge in [0.25, 0.3) is 0 Å². The number of fused-ring (bicyclic) bond motifs is 1. The second-order valence-electron chi connectivity index (χ2n) is 6.10. The average molecular weight is 315 g/mol. The summed E-state index contributed by atoms with van der Waals surface area (Å²) >= 11 is 0. The van der Waals surface area contributed by atoms with E-state index in [1.807, 2.05) is 44.2 Å². The molecule has 2 aromatic carbocycles. The first kappa shape index (κ1) is 15.1. The minimum absolute atomic E-state index is 0.698. The molecule has 1 aliphatic rings. The topological polar surface area (TPSA) is 37.4 Å². The van der Waals surface area contributed by atoms with E-state index in [0.29, 0.717) is 5.69 Å². The lowest BCUT2D eigenvalue weighted by Gasteiger charge is -2.24. The Morgan fingerprint density at radius 3 is 2.18 bits per heavy atom. The molecule has 0 radical (unpaired) electrons. The first-order chi connectivity index (χ1) is 10.4. The zero-order valence-corrected chi connectivity index (χ0v) is 14.1. The van der Waals surface area contributed by atoms with Gasteiger partial charge in [-0.1, -0.05) is 12.1 Å². The smallest absolute Gasteiger partial charge is 0.236 e. The van der Waals surface area contributed by atoms with Crippen LogP contribution in [0.25, 0.3) is 0 Å². The summed E-state index contributed by atoms with van der Waals surface area (Å²) in [5.74, 6) is 0. The molecule has 4 heteroatoms. The normalized spacial score (nSPS) is 14.0.